The van der Waals surface area contributed by atoms with Crippen molar-refractivity contribution in [2.24, 2.45) is 0 Å². The Labute approximate surface area is 155 Å². The summed E-state index contributed by atoms with van der Waals surface area (Å²) in [5.41, 5.74) is 1.53. The van der Waals surface area contributed by atoms with E-state index in [0.717, 1.165) is 12.6 Å². The van der Waals surface area contributed by atoms with Crippen LogP contribution in [0.5, 0.6) is 17.2 Å². The summed E-state index contributed by atoms with van der Waals surface area (Å²) in [6.45, 7) is 0. The molecule has 134 valence electrons. The molecule has 3 aromatic rings. The minimum atomic E-state index is -1.17. The van der Waals surface area contributed by atoms with Crippen molar-refractivity contribution in [3.63, 3.8) is 0 Å². The molecule has 0 saturated carbocycles. The third-order valence-corrected chi connectivity index (χ3v) is 4.86. The van der Waals surface area contributed by atoms with Crippen LogP contribution in [0.25, 0.3) is 0 Å². The van der Waals surface area contributed by atoms with Crippen LogP contribution in [-0.4, -0.2) is 24.8 Å². The maximum atomic E-state index is 11.8. The Bertz CT molecular complexity index is 1060. The average molecular weight is 360 g/mol. The van der Waals surface area contributed by atoms with Gasteiger partial charge in [-0.3, -0.25) is 9.59 Å². The molecule has 1 aliphatic heterocycles. The summed E-state index contributed by atoms with van der Waals surface area (Å²) in [4.78, 5) is 23.2. The van der Waals surface area contributed by atoms with E-state index in [9.17, 15) is 14.7 Å². The molecule has 1 aliphatic rings. The Balaban J connectivity index is 2.14. The predicted octanol–water partition coefficient (Wildman–Crippen LogP) is 4.06. The van der Waals surface area contributed by atoms with Crippen molar-refractivity contribution in [2.75, 3.05) is 7.11 Å². The minimum absolute atomic E-state index is 0.0513. The van der Waals surface area contributed by atoms with Crippen molar-refractivity contribution < 1.29 is 24.2 Å². The van der Waals surface area contributed by atoms with Crippen molar-refractivity contribution in [1.29, 1.82) is 0 Å². The van der Waals surface area contributed by atoms with E-state index in [4.69, 9.17) is 9.47 Å². The van der Waals surface area contributed by atoms with Gasteiger partial charge in [0.05, 0.1) is 0 Å². The number of rotatable bonds is 4. The van der Waals surface area contributed by atoms with E-state index < -0.39 is 5.60 Å². The van der Waals surface area contributed by atoms with E-state index in [0.29, 0.717) is 39.3 Å². The second kappa shape index (κ2) is 6.37. The van der Waals surface area contributed by atoms with Gasteiger partial charge in [0, 0.05) is 41.0 Å². The van der Waals surface area contributed by atoms with Gasteiger partial charge in [-0.15, -0.1) is 0 Å². The largest absolute Gasteiger partial charge is 0.508 e. The van der Waals surface area contributed by atoms with Gasteiger partial charge in [0.2, 0.25) is 0 Å². The number of phenolic OH excluding ortho intramolecular Hbond substituents is 1. The van der Waals surface area contributed by atoms with Gasteiger partial charge in [-0.05, 0) is 24.3 Å². The normalized spacial score (nSPS) is 17.4. The van der Waals surface area contributed by atoms with Crippen molar-refractivity contribution >= 4 is 12.6 Å². The number of hydrogen-bond donors (Lipinski definition) is 1. The predicted molar refractivity (Wildman–Crippen MR) is 98.7 cm³/mol. The van der Waals surface area contributed by atoms with Crippen LogP contribution in [0.3, 0.4) is 0 Å². The number of carbonyl (C=O) groups excluding carboxylic acids is 2. The Morgan fingerprint density at radius 3 is 2.41 bits per heavy atom. The second-order valence-corrected chi connectivity index (χ2v) is 6.25. The van der Waals surface area contributed by atoms with Gasteiger partial charge < -0.3 is 14.6 Å². The molecule has 1 atom stereocenters. The Morgan fingerprint density at radius 2 is 1.67 bits per heavy atom. The van der Waals surface area contributed by atoms with Crippen molar-refractivity contribution in [3.05, 3.63) is 88.5 Å². The monoisotopic (exact) mass is 360 g/mol. The van der Waals surface area contributed by atoms with E-state index in [1.807, 2.05) is 18.2 Å². The molecule has 0 saturated heterocycles. The zero-order valence-corrected chi connectivity index (χ0v) is 14.5. The summed E-state index contributed by atoms with van der Waals surface area (Å²) in [7, 11) is 1.54. The number of ether oxygens (including phenoxy) is 2. The highest BCUT2D eigenvalue weighted by atomic mass is 16.5. The van der Waals surface area contributed by atoms with E-state index in [-0.39, 0.29) is 5.75 Å². The highest BCUT2D eigenvalue weighted by Gasteiger charge is 2.45. The molecule has 4 rings (SSSR count). The fourth-order valence-electron chi connectivity index (χ4n) is 3.67. The number of aldehydes is 2. The molecule has 5 heteroatoms. The van der Waals surface area contributed by atoms with Gasteiger partial charge in [-0.1, -0.05) is 30.3 Å². The molecule has 0 aromatic heterocycles. The quantitative estimate of drug-likeness (QED) is 0.710. The lowest BCUT2D eigenvalue weighted by Gasteiger charge is -2.40. The standard InChI is InChI=1S/C22H16O5/c1-26-22(19-10-14(12-23)6-7-15(19)13-24)17-4-2-3-5-20(17)27-21-11-16(25)8-9-18(21)22/h2-13,25H,1H3. The molecule has 0 fully saturated rings. The maximum absolute atomic E-state index is 11.8. The third-order valence-electron chi connectivity index (χ3n) is 4.86. The number of hydrogen-bond acceptors (Lipinski definition) is 5. The van der Waals surface area contributed by atoms with E-state index in [2.05, 4.69) is 0 Å². The maximum Gasteiger partial charge on any atom is 0.151 e. The topological polar surface area (TPSA) is 72.8 Å². The fourth-order valence-corrected chi connectivity index (χ4v) is 3.67. The van der Waals surface area contributed by atoms with Crippen molar-refractivity contribution in [2.45, 2.75) is 5.60 Å². The smallest absolute Gasteiger partial charge is 0.151 e. The van der Waals surface area contributed by atoms with Gasteiger partial charge in [-0.2, -0.15) is 0 Å². The van der Waals surface area contributed by atoms with Crippen molar-refractivity contribution in [3.8, 4) is 17.2 Å². The summed E-state index contributed by atoms with van der Waals surface area (Å²) in [5, 5.41) is 9.91. The number of methoxy groups -OCH3 is 1. The van der Waals surface area contributed by atoms with E-state index in [1.54, 1.807) is 37.4 Å². The summed E-state index contributed by atoms with van der Waals surface area (Å²) in [5.74, 6) is 1.02. The minimum Gasteiger partial charge on any atom is -0.508 e. The van der Waals surface area contributed by atoms with E-state index in [1.165, 1.54) is 12.1 Å². The van der Waals surface area contributed by atoms with Gasteiger partial charge in [0.15, 0.2) is 5.60 Å². The van der Waals surface area contributed by atoms with Crippen LogP contribution < -0.4 is 4.74 Å². The molecule has 5 nitrogen and oxygen atoms in total. The first-order valence-electron chi connectivity index (χ1n) is 8.35. The summed E-state index contributed by atoms with van der Waals surface area (Å²) >= 11 is 0. The molecule has 0 amide bonds. The van der Waals surface area contributed by atoms with E-state index >= 15 is 0 Å². The number of phenols is 1. The Morgan fingerprint density at radius 1 is 0.889 bits per heavy atom. The van der Waals surface area contributed by atoms with Gasteiger partial charge in [0.1, 0.15) is 29.8 Å². The van der Waals surface area contributed by atoms with Crippen LogP contribution in [0.4, 0.5) is 0 Å². The van der Waals surface area contributed by atoms with Crippen molar-refractivity contribution in [1.82, 2.24) is 0 Å². The van der Waals surface area contributed by atoms with Crippen LogP contribution in [-0.2, 0) is 10.3 Å². The molecule has 0 bridgehead atoms. The second-order valence-electron chi connectivity index (χ2n) is 6.25. The Kier molecular flexibility index (Phi) is 4.01. The lowest BCUT2D eigenvalue weighted by Crippen LogP contribution is -2.35. The highest BCUT2D eigenvalue weighted by Crippen LogP contribution is 2.53. The van der Waals surface area contributed by atoms with Crippen LogP contribution >= 0.6 is 0 Å². The third kappa shape index (κ3) is 2.44. The van der Waals surface area contributed by atoms with Crippen LogP contribution in [0.1, 0.15) is 37.4 Å². The number of para-hydroxylation sites is 1. The molecule has 1 unspecified atom stereocenters. The first-order chi connectivity index (χ1) is 13.1. The molecular formula is C22H16O5. The lowest BCUT2D eigenvalue weighted by molar-refractivity contribution is 0.0490. The van der Waals surface area contributed by atoms with Crippen LogP contribution in [0.2, 0.25) is 0 Å². The zero-order valence-electron chi connectivity index (χ0n) is 14.5. The molecule has 1 heterocycles. The first kappa shape index (κ1) is 17.0. The molecule has 27 heavy (non-hydrogen) atoms. The summed E-state index contributed by atoms with van der Waals surface area (Å²) < 4.78 is 12.0. The highest BCUT2D eigenvalue weighted by molar-refractivity contribution is 5.84. The SMILES string of the molecule is COC1(c2cc(C=O)ccc2C=O)c2ccccc2Oc2cc(O)ccc21. The molecule has 0 aliphatic carbocycles. The molecule has 1 N–H and O–H groups in total. The number of benzene rings is 3. The molecule has 0 spiro atoms. The zero-order chi connectivity index (χ0) is 19.0. The van der Waals surface area contributed by atoms with Gasteiger partial charge >= 0.3 is 0 Å². The first-order valence-corrected chi connectivity index (χ1v) is 8.35. The number of carbonyl (C=O) groups is 2. The van der Waals surface area contributed by atoms with Gasteiger partial charge in [-0.25, -0.2) is 0 Å². The lowest BCUT2D eigenvalue weighted by atomic mass is 9.75. The number of aromatic hydroxyl groups is 1. The summed E-state index contributed by atoms with van der Waals surface area (Å²) in [6.07, 6.45) is 1.47. The van der Waals surface area contributed by atoms with Crippen LogP contribution in [0, 0.1) is 0 Å². The Hall–Kier alpha value is -3.44. The van der Waals surface area contributed by atoms with Gasteiger partial charge in [0.25, 0.3) is 0 Å². The molecule has 0 radical (unpaired) electrons. The van der Waals surface area contributed by atoms with Crippen LogP contribution in [0.15, 0.2) is 60.7 Å². The molecular weight excluding hydrogens is 344 g/mol. The molecule has 3 aromatic carbocycles. The fraction of sp³-hybridized carbons (Fsp3) is 0.0909. The average Bonchev–Trinajstić information content (AvgIpc) is 2.71. The summed E-state index contributed by atoms with van der Waals surface area (Å²) in [6, 6.07) is 16.9. The number of fused-ring (bicyclic) bond motifs is 2.